The molecule has 1 amide bonds. The molecule has 0 aliphatic carbocycles. The summed E-state index contributed by atoms with van der Waals surface area (Å²) in [6.07, 6.45) is 1.71. The number of aliphatic imine (C=N–C) groups is 1. The first-order valence-corrected chi connectivity index (χ1v) is 12.4. The molecule has 3 aromatic carbocycles. The Hall–Kier alpha value is -4.34. The summed E-state index contributed by atoms with van der Waals surface area (Å²) in [6, 6.07) is 17.3. The van der Waals surface area contributed by atoms with Crippen LogP contribution in [-0.4, -0.2) is 41.7 Å². The maximum absolute atomic E-state index is 15.3. The van der Waals surface area contributed by atoms with Crippen LogP contribution in [-0.2, 0) is 6.54 Å². The van der Waals surface area contributed by atoms with Gasteiger partial charge in [0.05, 0.1) is 23.5 Å². The zero-order chi connectivity index (χ0) is 26.6. The molecule has 0 unspecified atom stereocenters. The first-order chi connectivity index (χ1) is 18.5. The molecule has 0 fully saturated rings. The van der Waals surface area contributed by atoms with Gasteiger partial charge >= 0.3 is 0 Å². The van der Waals surface area contributed by atoms with Gasteiger partial charge in [0.15, 0.2) is 0 Å². The van der Waals surface area contributed by atoms with Gasteiger partial charge in [-0.25, -0.2) is 14.4 Å². The SMILES string of the molecule is C.CNC(=O)c1ccc(Nc2ncc3c(n2)-c2ccc(Cl)cc2C(c2c(F)cccc2NCCN)=NC3)cc1. The monoisotopic (exact) mass is 545 g/mol. The van der Waals surface area contributed by atoms with E-state index in [0.29, 0.717) is 57.8 Å². The summed E-state index contributed by atoms with van der Waals surface area (Å²) >= 11 is 6.40. The predicted molar refractivity (Wildman–Crippen MR) is 156 cm³/mol. The number of amides is 1. The zero-order valence-electron chi connectivity index (χ0n) is 20.6. The predicted octanol–water partition coefficient (Wildman–Crippen LogP) is 5.40. The number of carbonyl (C=O) groups is 1. The number of aromatic nitrogens is 2. The standard InChI is InChI=1S/C28H25ClFN7O.CH4/c1-32-27(38)16-5-8-19(9-6-16)36-28-35-15-17-14-34-26(21-13-18(29)7-10-20(21)25(17)37-28)24-22(30)3-2-4-23(24)33-12-11-31;/h2-10,13,15,33H,11-12,14,31H2,1H3,(H,32,38)(H,35,36,37);1H4. The van der Waals surface area contributed by atoms with E-state index in [2.05, 4.69) is 20.9 Å². The van der Waals surface area contributed by atoms with Crippen molar-refractivity contribution in [3.63, 3.8) is 0 Å². The van der Waals surface area contributed by atoms with Crippen LogP contribution in [0.25, 0.3) is 11.3 Å². The van der Waals surface area contributed by atoms with Crippen molar-refractivity contribution in [3.05, 3.63) is 100.0 Å². The highest BCUT2D eigenvalue weighted by atomic mass is 35.5. The quantitative estimate of drug-likeness (QED) is 0.247. The highest BCUT2D eigenvalue weighted by Crippen LogP contribution is 2.35. The lowest BCUT2D eigenvalue weighted by Gasteiger charge is -2.16. The van der Waals surface area contributed by atoms with Crippen molar-refractivity contribution in [3.8, 4) is 11.3 Å². The van der Waals surface area contributed by atoms with Crippen LogP contribution >= 0.6 is 11.6 Å². The molecule has 2 heterocycles. The largest absolute Gasteiger partial charge is 0.383 e. The summed E-state index contributed by atoms with van der Waals surface area (Å²) in [4.78, 5) is 25.9. The van der Waals surface area contributed by atoms with Gasteiger partial charge in [0, 0.05) is 65.0 Å². The number of hydrogen-bond donors (Lipinski definition) is 4. The smallest absolute Gasteiger partial charge is 0.251 e. The number of rotatable bonds is 7. The summed E-state index contributed by atoms with van der Waals surface area (Å²) in [5.41, 5.74) is 11.2. The Morgan fingerprint density at radius 3 is 2.64 bits per heavy atom. The Bertz CT molecular complexity index is 1540. The number of hydrogen-bond acceptors (Lipinski definition) is 7. The second kappa shape index (κ2) is 12.0. The Balaban J connectivity index is 0.00000353. The van der Waals surface area contributed by atoms with Crippen LogP contribution in [0.2, 0.25) is 5.02 Å². The second-order valence-corrected chi connectivity index (χ2v) is 9.02. The lowest BCUT2D eigenvalue weighted by Crippen LogP contribution is -2.17. The second-order valence-electron chi connectivity index (χ2n) is 8.58. The summed E-state index contributed by atoms with van der Waals surface area (Å²) in [6.45, 7) is 1.13. The van der Waals surface area contributed by atoms with Crippen molar-refractivity contribution < 1.29 is 9.18 Å². The third-order valence-corrected chi connectivity index (χ3v) is 6.34. The van der Waals surface area contributed by atoms with E-state index in [1.165, 1.54) is 6.07 Å². The van der Waals surface area contributed by atoms with Crippen LogP contribution in [0.1, 0.15) is 34.5 Å². The number of nitrogens with zero attached hydrogens (tertiary/aromatic N) is 3. The third-order valence-electron chi connectivity index (χ3n) is 6.10. The molecule has 0 spiro atoms. The van der Waals surface area contributed by atoms with Gasteiger partial charge in [0.2, 0.25) is 5.95 Å². The van der Waals surface area contributed by atoms with Crippen LogP contribution in [0, 0.1) is 5.82 Å². The topological polar surface area (TPSA) is 117 Å². The number of halogens is 2. The zero-order valence-corrected chi connectivity index (χ0v) is 21.3. The summed E-state index contributed by atoms with van der Waals surface area (Å²) in [5, 5.41) is 9.48. The van der Waals surface area contributed by atoms with Crippen LogP contribution in [0.5, 0.6) is 0 Å². The number of carbonyl (C=O) groups excluding carboxylic acids is 1. The number of nitrogens with one attached hydrogen (secondary N) is 3. The van der Waals surface area contributed by atoms with Crippen molar-refractivity contribution in [2.45, 2.75) is 14.0 Å². The number of anilines is 3. The normalized spacial score (nSPS) is 11.7. The fourth-order valence-corrected chi connectivity index (χ4v) is 4.47. The van der Waals surface area contributed by atoms with Gasteiger partial charge in [0.1, 0.15) is 5.82 Å². The highest BCUT2D eigenvalue weighted by Gasteiger charge is 2.25. The first-order valence-electron chi connectivity index (χ1n) is 12.0. The van der Waals surface area contributed by atoms with E-state index in [-0.39, 0.29) is 19.9 Å². The number of benzene rings is 3. The maximum Gasteiger partial charge on any atom is 0.251 e. The molecule has 8 nitrogen and oxygen atoms in total. The maximum atomic E-state index is 15.3. The molecule has 5 N–H and O–H groups in total. The Morgan fingerprint density at radius 2 is 1.90 bits per heavy atom. The first kappa shape index (κ1) is 27.7. The molecular formula is C29H29ClFN7O. The van der Waals surface area contributed by atoms with Crippen molar-refractivity contribution in [2.75, 3.05) is 30.8 Å². The van der Waals surface area contributed by atoms with Crippen LogP contribution in [0.15, 0.2) is 71.9 Å². The Labute approximate surface area is 231 Å². The molecule has 1 aliphatic heterocycles. The van der Waals surface area contributed by atoms with Gasteiger partial charge in [-0.15, -0.1) is 0 Å². The van der Waals surface area contributed by atoms with Crippen LogP contribution < -0.4 is 21.7 Å². The Kier molecular flexibility index (Phi) is 8.53. The van der Waals surface area contributed by atoms with Gasteiger partial charge in [-0.05, 0) is 48.5 Å². The van der Waals surface area contributed by atoms with E-state index in [1.54, 1.807) is 61.8 Å². The molecule has 0 radical (unpaired) electrons. The van der Waals surface area contributed by atoms with Crippen molar-refractivity contribution in [1.82, 2.24) is 15.3 Å². The summed E-state index contributed by atoms with van der Waals surface area (Å²) in [5.74, 6) is -0.201. The van der Waals surface area contributed by atoms with E-state index in [4.69, 9.17) is 27.3 Å². The molecule has 0 saturated carbocycles. The molecule has 0 saturated heterocycles. The van der Waals surface area contributed by atoms with Crippen LogP contribution in [0.4, 0.5) is 21.7 Å². The summed E-state index contributed by atoms with van der Waals surface area (Å²) in [7, 11) is 1.59. The van der Waals surface area contributed by atoms with Gasteiger partial charge in [-0.2, -0.15) is 0 Å². The molecule has 1 aliphatic rings. The van der Waals surface area contributed by atoms with E-state index in [1.807, 2.05) is 6.07 Å². The third kappa shape index (κ3) is 5.74. The molecule has 1 aromatic heterocycles. The highest BCUT2D eigenvalue weighted by molar-refractivity contribution is 6.32. The fraction of sp³-hybridized carbons (Fsp3) is 0.172. The number of fused-ring (bicyclic) bond motifs is 3. The van der Waals surface area contributed by atoms with Gasteiger partial charge < -0.3 is 21.7 Å². The Morgan fingerprint density at radius 1 is 1.10 bits per heavy atom. The fourth-order valence-electron chi connectivity index (χ4n) is 4.30. The average molecular weight is 546 g/mol. The molecular weight excluding hydrogens is 517 g/mol. The van der Waals surface area contributed by atoms with Crippen molar-refractivity contribution in [2.24, 2.45) is 10.7 Å². The molecule has 10 heteroatoms. The van der Waals surface area contributed by atoms with E-state index in [0.717, 1.165) is 16.8 Å². The molecule has 0 bridgehead atoms. The molecule has 0 atom stereocenters. The van der Waals surface area contributed by atoms with Gasteiger partial charge in [0.25, 0.3) is 5.91 Å². The van der Waals surface area contributed by atoms with E-state index in [9.17, 15) is 4.79 Å². The summed E-state index contributed by atoms with van der Waals surface area (Å²) < 4.78 is 15.3. The minimum atomic E-state index is -0.406. The van der Waals surface area contributed by atoms with Crippen molar-refractivity contribution >= 4 is 40.5 Å². The van der Waals surface area contributed by atoms with E-state index >= 15 is 4.39 Å². The minimum Gasteiger partial charge on any atom is -0.383 e. The molecule has 200 valence electrons. The lowest BCUT2D eigenvalue weighted by atomic mass is 9.94. The average Bonchev–Trinajstić information content (AvgIpc) is 3.08. The van der Waals surface area contributed by atoms with Gasteiger partial charge in [-0.1, -0.05) is 31.2 Å². The van der Waals surface area contributed by atoms with Gasteiger partial charge in [-0.3, -0.25) is 9.79 Å². The van der Waals surface area contributed by atoms with Crippen LogP contribution in [0.3, 0.4) is 0 Å². The van der Waals surface area contributed by atoms with E-state index < -0.39 is 5.82 Å². The lowest BCUT2D eigenvalue weighted by molar-refractivity contribution is 0.0963. The molecule has 5 rings (SSSR count). The molecule has 4 aromatic rings. The molecule has 39 heavy (non-hydrogen) atoms. The minimum absolute atomic E-state index is 0. The van der Waals surface area contributed by atoms with Crippen molar-refractivity contribution in [1.29, 1.82) is 0 Å². The number of nitrogens with two attached hydrogens (primary N) is 1.